The van der Waals surface area contributed by atoms with Crippen LogP contribution >= 0.6 is 0 Å². The molecule has 1 aliphatic carbocycles. The van der Waals surface area contributed by atoms with Gasteiger partial charge in [-0.15, -0.1) is 0 Å². The Labute approximate surface area is 72.5 Å². The zero-order chi connectivity index (χ0) is 8.97. The highest BCUT2D eigenvalue weighted by Crippen LogP contribution is 2.20. The summed E-state index contributed by atoms with van der Waals surface area (Å²) in [5.41, 5.74) is 5.72. The number of hydrogen-bond acceptors (Lipinski definition) is 3. The molecule has 0 radical (unpaired) electrons. The first-order valence-corrected chi connectivity index (χ1v) is 4.44. The summed E-state index contributed by atoms with van der Waals surface area (Å²) < 4.78 is 5.09. The van der Waals surface area contributed by atoms with E-state index in [1.165, 1.54) is 0 Å². The van der Waals surface area contributed by atoms with Crippen LogP contribution in [0.25, 0.3) is 0 Å². The lowest BCUT2D eigenvalue weighted by Gasteiger charge is -2.16. The summed E-state index contributed by atoms with van der Waals surface area (Å²) in [6, 6.07) is 0.0348. The molecule has 1 saturated carbocycles. The van der Waals surface area contributed by atoms with Crippen molar-refractivity contribution in [3.63, 3.8) is 0 Å². The van der Waals surface area contributed by atoms with Crippen molar-refractivity contribution >= 4 is 6.09 Å². The lowest BCUT2D eigenvalue weighted by molar-refractivity contribution is 0.0931. The third kappa shape index (κ3) is 2.37. The predicted octanol–water partition coefficient (Wildman–Crippen LogP) is 0.612. The van der Waals surface area contributed by atoms with E-state index in [0.717, 1.165) is 19.3 Å². The highest BCUT2D eigenvalue weighted by molar-refractivity contribution is 5.67. The largest absolute Gasteiger partial charge is 0.445 e. The number of nitrogens with two attached hydrogens (primary N) is 1. The summed E-state index contributed by atoms with van der Waals surface area (Å²) in [6.45, 7) is 2.45. The molecule has 0 aromatic heterocycles. The highest BCUT2D eigenvalue weighted by Gasteiger charge is 2.26. The maximum atomic E-state index is 11.0. The Morgan fingerprint density at radius 1 is 1.67 bits per heavy atom. The second kappa shape index (κ2) is 4.30. The summed E-state index contributed by atoms with van der Waals surface area (Å²) in [5, 5.41) is 2.58. The van der Waals surface area contributed by atoms with Gasteiger partial charge in [-0.3, -0.25) is 0 Å². The van der Waals surface area contributed by atoms with Crippen LogP contribution in [-0.2, 0) is 4.74 Å². The van der Waals surface area contributed by atoms with Gasteiger partial charge in [-0.05, 0) is 26.2 Å². The van der Waals surface area contributed by atoms with Crippen LogP contribution in [0.3, 0.4) is 0 Å². The van der Waals surface area contributed by atoms with Crippen LogP contribution in [0.5, 0.6) is 0 Å². The van der Waals surface area contributed by atoms with Crippen LogP contribution in [0.1, 0.15) is 26.2 Å². The van der Waals surface area contributed by atoms with Crippen molar-refractivity contribution in [2.45, 2.75) is 38.3 Å². The van der Waals surface area contributed by atoms with Gasteiger partial charge in [0.25, 0.3) is 0 Å². The Bertz CT molecular complexity index is 161. The van der Waals surface area contributed by atoms with Gasteiger partial charge in [-0.1, -0.05) is 0 Å². The Kier molecular flexibility index (Phi) is 3.34. The Morgan fingerprint density at radius 3 is 2.92 bits per heavy atom. The molecule has 0 saturated heterocycles. The minimum atomic E-state index is -0.347. The van der Waals surface area contributed by atoms with Crippen LogP contribution < -0.4 is 11.1 Å². The van der Waals surface area contributed by atoms with E-state index in [1.807, 2.05) is 6.92 Å². The highest BCUT2D eigenvalue weighted by atomic mass is 16.6. The van der Waals surface area contributed by atoms with Gasteiger partial charge in [0.05, 0.1) is 0 Å². The standard InChI is InChI=1S/C8H16N2O2/c1-2-10-8(11)12-7-5-3-4-6(7)9/h6-7H,2-5,9H2,1H3,(H,10,11). The molecule has 0 aromatic rings. The van der Waals surface area contributed by atoms with Crippen molar-refractivity contribution in [1.29, 1.82) is 0 Å². The van der Waals surface area contributed by atoms with Crippen molar-refractivity contribution in [1.82, 2.24) is 5.32 Å². The lowest BCUT2D eigenvalue weighted by Crippen LogP contribution is -2.36. The van der Waals surface area contributed by atoms with E-state index in [1.54, 1.807) is 0 Å². The molecule has 1 amide bonds. The van der Waals surface area contributed by atoms with Crippen molar-refractivity contribution < 1.29 is 9.53 Å². The number of carbonyl (C=O) groups is 1. The van der Waals surface area contributed by atoms with Gasteiger partial charge >= 0.3 is 6.09 Å². The summed E-state index contributed by atoms with van der Waals surface area (Å²) in [6.07, 6.45) is 2.50. The summed E-state index contributed by atoms with van der Waals surface area (Å²) in [5.74, 6) is 0. The molecule has 4 nitrogen and oxygen atoms in total. The molecule has 0 heterocycles. The van der Waals surface area contributed by atoms with E-state index in [2.05, 4.69) is 5.32 Å². The van der Waals surface area contributed by atoms with Crippen molar-refractivity contribution in [3.8, 4) is 0 Å². The van der Waals surface area contributed by atoms with Crippen LogP contribution in [0.2, 0.25) is 0 Å². The van der Waals surface area contributed by atoms with Gasteiger partial charge in [-0.2, -0.15) is 0 Å². The molecule has 1 rings (SSSR count). The Morgan fingerprint density at radius 2 is 2.42 bits per heavy atom. The van der Waals surface area contributed by atoms with Gasteiger partial charge < -0.3 is 15.8 Å². The SMILES string of the molecule is CCNC(=O)OC1CCCC1N. The normalized spacial score (nSPS) is 28.5. The average Bonchev–Trinajstić information content (AvgIpc) is 2.37. The zero-order valence-corrected chi connectivity index (χ0v) is 7.38. The molecule has 70 valence electrons. The quantitative estimate of drug-likeness (QED) is 0.641. The first kappa shape index (κ1) is 9.32. The van der Waals surface area contributed by atoms with Crippen molar-refractivity contribution in [2.24, 2.45) is 5.73 Å². The molecule has 0 spiro atoms. The lowest BCUT2D eigenvalue weighted by atomic mass is 10.2. The number of amides is 1. The monoisotopic (exact) mass is 172 g/mol. The number of alkyl carbamates (subject to hydrolysis) is 1. The minimum Gasteiger partial charge on any atom is -0.445 e. The first-order chi connectivity index (χ1) is 5.74. The van der Waals surface area contributed by atoms with Gasteiger partial charge in [0.2, 0.25) is 0 Å². The second-order valence-electron chi connectivity index (χ2n) is 3.07. The van der Waals surface area contributed by atoms with Gasteiger partial charge in [0.1, 0.15) is 6.10 Å². The zero-order valence-electron chi connectivity index (χ0n) is 7.38. The van der Waals surface area contributed by atoms with E-state index in [4.69, 9.17) is 10.5 Å². The topological polar surface area (TPSA) is 64.3 Å². The number of nitrogens with one attached hydrogen (secondary N) is 1. The number of carbonyl (C=O) groups excluding carboxylic acids is 1. The van der Waals surface area contributed by atoms with E-state index >= 15 is 0 Å². The fourth-order valence-electron chi connectivity index (χ4n) is 1.42. The van der Waals surface area contributed by atoms with Gasteiger partial charge in [0.15, 0.2) is 0 Å². The number of hydrogen-bond donors (Lipinski definition) is 2. The molecule has 1 fully saturated rings. The molecular formula is C8H16N2O2. The van der Waals surface area contributed by atoms with E-state index in [-0.39, 0.29) is 18.2 Å². The third-order valence-corrected chi connectivity index (χ3v) is 2.08. The summed E-state index contributed by atoms with van der Waals surface area (Å²) in [7, 11) is 0. The molecule has 1 aliphatic rings. The Balaban J connectivity index is 2.25. The minimum absolute atomic E-state index is 0.0348. The molecular weight excluding hydrogens is 156 g/mol. The van der Waals surface area contributed by atoms with Crippen LogP contribution in [0.15, 0.2) is 0 Å². The van der Waals surface area contributed by atoms with E-state index in [9.17, 15) is 4.79 Å². The molecule has 2 atom stereocenters. The molecule has 3 N–H and O–H groups in total. The van der Waals surface area contributed by atoms with Crippen molar-refractivity contribution in [2.75, 3.05) is 6.54 Å². The molecule has 4 heteroatoms. The van der Waals surface area contributed by atoms with E-state index in [0.29, 0.717) is 6.54 Å². The van der Waals surface area contributed by atoms with Crippen LogP contribution in [0.4, 0.5) is 4.79 Å². The molecule has 0 bridgehead atoms. The predicted molar refractivity (Wildman–Crippen MR) is 45.8 cm³/mol. The fourth-order valence-corrected chi connectivity index (χ4v) is 1.42. The van der Waals surface area contributed by atoms with Crippen LogP contribution in [0, 0.1) is 0 Å². The van der Waals surface area contributed by atoms with Gasteiger partial charge in [0, 0.05) is 12.6 Å². The fraction of sp³-hybridized carbons (Fsp3) is 0.875. The maximum Gasteiger partial charge on any atom is 0.407 e. The molecule has 0 aromatic carbocycles. The summed E-state index contributed by atoms with van der Waals surface area (Å²) >= 11 is 0. The molecule has 12 heavy (non-hydrogen) atoms. The molecule has 2 unspecified atom stereocenters. The average molecular weight is 172 g/mol. The molecule has 0 aliphatic heterocycles. The Hall–Kier alpha value is -0.770. The maximum absolute atomic E-state index is 11.0. The van der Waals surface area contributed by atoms with Crippen LogP contribution in [-0.4, -0.2) is 24.8 Å². The van der Waals surface area contributed by atoms with Gasteiger partial charge in [-0.25, -0.2) is 4.79 Å². The summed E-state index contributed by atoms with van der Waals surface area (Å²) in [4.78, 5) is 11.0. The number of rotatable bonds is 2. The smallest absolute Gasteiger partial charge is 0.407 e. The second-order valence-corrected chi connectivity index (χ2v) is 3.07. The third-order valence-electron chi connectivity index (χ3n) is 2.08. The van der Waals surface area contributed by atoms with E-state index < -0.39 is 0 Å². The number of ether oxygens (including phenoxy) is 1. The first-order valence-electron chi connectivity index (χ1n) is 4.44. The van der Waals surface area contributed by atoms with Crippen molar-refractivity contribution in [3.05, 3.63) is 0 Å².